The van der Waals surface area contributed by atoms with Crippen molar-refractivity contribution < 1.29 is 43.2 Å². The summed E-state index contributed by atoms with van der Waals surface area (Å²) in [6.07, 6.45) is 1.83. The summed E-state index contributed by atoms with van der Waals surface area (Å²) in [7, 11) is 0. The number of carboxylic acids is 1. The van der Waals surface area contributed by atoms with Crippen molar-refractivity contribution in [2.45, 2.75) is 72.3 Å². The molecule has 0 bridgehead atoms. The van der Waals surface area contributed by atoms with Crippen LogP contribution in [0.4, 0.5) is 4.79 Å². The zero-order valence-corrected chi connectivity index (χ0v) is 24.3. The highest BCUT2D eigenvalue weighted by Crippen LogP contribution is 2.36. The highest BCUT2D eigenvalue weighted by Gasteiger charge is 2.33. The van der Waals surface area contributed by atoms with Crippen LogP contribution in [0.3, 0.4) is 0 Å². The Bertz CT molecular complexity index is 1170. The molecule has 2 aromatic carbocycles. The van der Waals surface area contributed by atoms with E-state index in [0.29, 0.717) is 24.2 Å². The maximum absolute atomic E-state index is 12.8. The molecule has 2 rings (SSSR count). The number of carbonyl (C=O) groups excluding carboxylic acids is 3. The fourth-order valence-corrected chi connectivity index (χ4v) is 4.38. The number of carboxylic acid groups (broad SMARTS) is 1. The van der Waals surface area contributed by atoms with Gasteiger partial charge < -0.3 is 29.8 Å². The van der Waals surface area contributed by atoms with Crippen molar-refractivity contribution in [2.24, 2.45) is 23.5 Å². The maximum atomic E-state index is 12.8. The quantitative estimate of drug-likeness (QED) is 0.154. The van der Waals surface area contributed by atoms with Gasteiger partial charge in [-0.1, -0.05) is 71.7 Å². The fraction of sp³-hybridized carbons (Fsp3) is 0.484. The van der Waals surface area contributed by atoms with E-state index >= 15 is 0 Å². The lowest BCUT2D eigenvalue weighted by molar-refractivity contribution is -0.141. The third kappa shape index (κ3) is 10.2. The topological polar surface area (TPSA) is 151 Å². The molecule has 0 saturated heterocycles. The van der Waals surface area contributed by atoms with Crippen LogP contribution in [0.5, 0.6) is 17.2 Å². The van der Waals surface area contributed by atoms with Crippen molar-refractivity contribution in [3.63, 3.8) is 0 Å². The van der Waals surface area contributed by atoms with Gasteiger partial charge in [0.2, 0.25) is 0 Å². The summed E-state index contributed by atoms with van der Waals surface area (Å²) >= 11 is 0. The number of aliphatic carboxylic acids is 1. The average Bonchev–Trinajstić information content (AvgIpc) is 2.93. The van der Waals surface area contributed by atoms with Gasteiger partial charge in [-0.2, -0.15) is 0 Å². The summed E-state index contributed by atoms with van der Waals surface area (Å²) in [6.45, 7) is 8.87. The number of rotatable bonds is 15. The van der Waals surface area contributed by atoms with Gasteiger partial charge in [0.25, 0.3) is 0 Å². The van der Waals surface area contributed by atoms with Gasteiger partial charge in [0, 0.05) is 5.92 Å². The first-order valence-corrected chi connectivity index (χ1v) is 13.9. The summed E-state index contributed by atoms with van der Waals surface area (Å²) in [6, 6.07) is 11.4. The summed E-state index contributed by atoms with van der Waals surface area (Å²) in [5.41, 5.74) is 6.49. The molecule has 5 atom stereocenters. The number of hydrogen-bond donors (Lipinski definition) is 2. The third-order valence-electron chi connectivity index (χ3n) is 6.72. The average molecular weight is 572 g/mol. The fourth-order valence-electron chi connectivity index (χ4n) is 4.38. The predicted octanol–water partition coefficient (Wildman–Crippen LogP) is 5.72. The van der Waals surface area contributed by atoms with Gasteiger partial charge in [0.15, 0.2) is 11.5 Å². The molecule has 0 saturated carbocycles. The third-order valence-corrected chi connectivity index (χ3v) is 6.72. The first-order chi connectivity index (χ1) is 19.5. The Balaban J connectivity index is 2.36. The molecule has 0 radical (unpaired) electrons. The van der Waals surface area contributed by atoms with Crippen LogP contribution in [0, 0.1) is 17.8 Å². The molecule has 0 fully saturated rings. The lowest BCUT2D eigenvalue weighted by Gasteiger charge is -2.28. The van der Waals surface area contributed by atoms with Crippen LogP contribution in [0.15, 0.2) is 48.5 Å². The second-order valence-electron chi connectivity index (χ2n) is 10.3. The minimum Gasteiger partial charge on any atom is -0.480 e. The van der Waals surface area contributed by atoms with Crippen LogP contribution in [-0.4, -0.2) is 41.8 Å². The molecule has 3 N–H and O–H groups in total. The molecule has 0 spiro atoms. The monoisotopic (exact) mass is 571 g/mol. The highest BCUT2D eigenvalue weighted by molar-refractivity contribution is 5.79. The zero-order chi connectivity index (χ0) is 30.5. The molecule has 10 heteroatoms. The van der Waals surface area contributed by atoms with E-state index in [-0.39, 0.29) is 24.0 Å². The van der Waals surface area contributed by atoms with E-state index in [0.717, 1.165) is 12.8 Å². The van der Waals surface area contributed by atoms with E-state index in [1.807, 2.05) is 13.8 Å². The lowest BCUT2D eigenvalue weighted by Crippen LogP contribution is -2.40. The molecule has 224 valence electrons. The highest BCUT2D eigenvalue weighted by atomic mass is 16.7. The van der Waals surface area contributed by atoms with Crippen LogP contribution in [0.1, 0.15) is 71.8 Å². The van der Waals surface area contributed by atoms with Crippen molar-refractivity contribution in [1.82, 2.24) is 0 Å². The normalized spacial score (nSPS) is 14.6. The van der Waals surface area contributed by atoms with E-state index in [2.05, 4.69) is 0 Å². The summed E-state index contributed by atoms with van der Waals surface area (Å²) in [5.74, 6) is -4.19. The Kier molecular flexibility index (Phi) is 13.3. The Labute approximate surface area is 241 Å². The van der Waals surface area contributed by atoms with Crippen molar-refractivity contribution >= 4 is 24.1 Å². The predicted molar refractivity (Wildman–Crippen MR) is 152 cm³/mol. The number of nitrogens with two attached hydrogens (primary N) is 1. The Morgan fingerprint density at radius 3 is 1.90 bits per heavy atom. The van der Waals surface area contributed by atoms with E-state index in [1.165, 1.54) is 12.1 Å². The van der Waals surface area contributed by atoms with Gasteiger partial charge in [-0.15, -0.1) is 0 Å². The number of carbonyl (C=O) groups is 4. The van der Waals surface area contributed by atoms with Crippen molar-refractivity contribution in [2.75, 3.05) is 6.61 Å². The smallest absolute Gasteiger partial charge is 0.480 e. The molecule has 0 aliphatic carbocycles. The van der Waals surface area contributed by atoms with Crippen LogP contribution in [-0.2, 0) is 19.1 Å². The summed E-state index contributed by atoms with van der Waals surface area (Å²) in [4.78, 5) is 49.7. The molecule has 0 heterocycles. The number of para-hydroxylation sites is 1. The molecule has 4 unspecified atom stereocenters. The van der Waals surface area contributed by atoms with Crippen molar-refractivity contribution in [1.29, 1.82) is 0 Å². The molecular formula is C31H41NO9. The van der Waals surface area contributed by atoms with Gasteiger partial charge >= 0.3 is 24.1 Å². The Morgan fingerprint density at radius 2 is 1.37 bits per heavy atom. The maximum Gasteiger partial charge on any atom is 0.513 e. The van der Waals surface area contributed by atoms with Crippen molar-refractivity contribution in [3.05, 3.63) is 54.1 Å². The zero-order valence-electron chi connectivity index (χ0n) is 24.3. The second kappa shape index (κ2) is 16.4. The first-order valence-electron chi connectivity index (χ1n) is 13.9. The minimum atomic E-state index is -1.39. The van der Waals surface area contributed by atoms with E-state index in [1.54, 1.807) is 57.2 Å². The van der Waals surface area contributed by atoms with Gasteiger partial charge in [-0.05, 0) is 48.6 Å². The largest absolute Gasteiger partial charge is 0.513 e. The minimum absolute atomic E-state index is 0.0216. The molecule has 41 heavy (non-hydrogen) atoms. The first kappa shape index (κ1) is 33.3. The Hall–Kier alpha value is -3.92. The van der Waals surface area contributed by atoms with E-state index in [9.17, 15) is 24.3 Å². The molecule has 0 amide bonds. The molecule has 10 nitrogen and oxygen atoms in total. The number of hydrogen-bond acceptors (Lipinski definition) is 9. The Morgan fingerprint density at radius 1 is 0.805 bits per heavy atom. The van der Waals surface area contributed by atoms with E-state index in [4.69, 9.17) is 24.7 Å². The molecule has 0 aliphatic heterocycles. The van der Waals surface area contributed by atoms with Crippen LogP contribution in [0.25, 0.3) is 0 Å². The number of esters is 2. The van der Waals surface area contributed by atoms with Gasteiger partial charge in [0.1, 0.15) is 11.8 Å². The SMILES string of the molecule is CCCC(C)C(=O)Oc1ccc(C(C(C)COC(=O)Oc2ccccc2)[C@H](N)C(=O)O)cc1OC(=O)C(C)CCC. The van der Waals surface area contributed by atoms with Gasteiger partial charge in [0.05, 0.1) is 18.4 Å². The van der Waals surface area contributed by atoms with Crippen LogP contribution < -0.4 is 19.9 Å². The molecule has 0 aromatic heterocycles. The molecular weight excluding hydrogens is 530 g/mol. The molecule has 0 aliphatic rings. The lowest BCUT2D eigenvalue weighted by atomic mass is 9.82. The van der Waals surface area contributed by atoms with Gasteiger partial charge in [-0.3, -0.25) is 14.4 Å². The summed E-state index contributed by atoms with van der Waals surface area (Å²) < 4.78 is 21.6. The van der Waals surface area contributed by atoms with Crippen LogP contribution in [0.2, 0.25) is 0 Å². The van der Waals surface area contributed by atoms with Crippen LogP contribution >= 0.6 is 0 Å². The number of ether oxygens (including phenoxy) is 4. The second-order valence-corrected chi connectivity index (χ2v) is 10.3. The van der Waals surface area contributed by atoms with Gasteiger partial charge in [-0.25, -0.2) is 4.79 Å². The van der Waals surface area contributed by atoms with E-state index < -0.39 is 47.9 Å². The summed E-state index contributed by atoms with van der Waals surface area (Å²) in [5, 5.41) is 9.75. The van der Waals surface area contributed by atoms with Crippen molar-refractivity contribution in [3.8, 4) is 17.2 Å². The molecule has 2 aromatic rings. The number of benzene rings is 2. The standard InChI is InChI=1S/C31H41NO9/c1-6-11-19(3)29(35)40-24-16-15-22(17-25(24)41-30(36)20(4)12-7-2)26(27(32)28(33)34)21(5)18-38-31(37)39-23-13-9-8-10-14-23/h8-10,13-17,19-21,26-27H,6-7,11-12,18,32H2,1-5H3,(H,33,34)/t19?,20?,21?,26?,27-/m0/s1.